The highest BCUT2D eigenvalue weighted by molar-refractivity contribution is 6.14. The summed E-state index contributed by atoms with van der Waals surface area (Å²) >= 11 is 0. The summed E-state index contributed by atoms with van der Waals surface area (Å²) in [6.45, 7) is 0.813. The minimum absolute atomic E-state index is 0.329. The standard InChI is InChI=1S/C11H9F3N2O4/c12-11(13,14)9(17)16(10(18)19)6-1-2-8-7(5-6)15-3-4-20-8/h1-2,5,15H,3-4H2,(H,18,19). The van der Waals surface area contributed by atoms with Crippen LogP contribution < -0.4 is 15.0 Å². The number of hydrogen-bond acceptors (Lipinski definition) is 4. The second-order valence-electron chi connectivity index (χ2n) is 3.88. The maximum absolute atomic E-state index is 12.4. The van der Waals surface area contributed by atoms with E-state index in [2.05, 4.69) is 5.32 Å². The number of alkyl halides is 3. The molecule has 0 bridgehead atoms. The Labute approximate surface area is 110 Å². The number of carbonyl (C=O) groups excluding carboxylic acids is 1. The van der Waals surface area contributed by atoms with E-state index in [9.17, 15) is 22.8 Å². The molecule has 1 heterocycles. The van der Waals surface area contributed by atoms with E-state index >= 15 is 0 Å². The fourth-order valence-corrected chi connectivity index (χ4v) is 1.71. The maximum Gasteiger partial charge on any atom is 0.472 e. The van der Waals surface area contributed by atoms with Crippen LogP contribution in [0.3, 0.4) is 0 Å². The summed E-state index contributed by atoms with van der Waals surface area (Å²) in [5.74, 6) is -2.09. The SMILES string of the molecule is O=C(O)N(C(=O)C(F)(F)F)c1ccc2c(c1)NCCO2. The number of nitrogens with zero attached hydrogens (tertiary/aromatic N) is 1. The number of carbonyl (C=O) groups is 2. The molecule has 9 heteroatoms. The van der Waals surface area contributed by atoms with Crippen LogP contribution >= 0.6 is 0 Å². The van der Waals surface area contributed by atoms with Crippen molar-refractivity contribution in [3.63, 3.8) is 0 Å². The highest BCUT2D eigenvalue weighted by Crippen LogP contribution is 2.33. The minimum atomic E-state index is -5.28. The fourth-order valence-electron chi connectivity index (χ4n) is 1.71. The molecule has 1 aromatic rings. The minimum Gasteiger partial charge on any atom is -0.490 e. The third-order valence-corrected chi connectivity index (χ3v) is 2.53. The van der Waals surface area contributed by atoms with Gasteiger partial charge in [-0.1, -0.05) is 0 Å². The Bertz CT molecular complexity index is 559. The van der Waals surface area contributed by atoms with Gasteiger partial charge in [0.1, 0.15) is 12.4 Å². The molecule has 2 amide bonds. The second-order valence-corrected chi connectivity index (χ2v) is 3.88. The predicted molar refractivity (Wildman–Crippen MR) is 62.0 cm³/mol. The zero-order valence-electron chi connectivity index (χ0n) is 9.90. The molecule has 0 radical (unpaired) electrons. The van der Waals surface area contributed by atoms with Gasteiger partial charge >= 0.3 is 18.2 Å². The molecule has 2 rings (SSSR count). The van der Waals surface area contributed by atoms with E-state index in [1.807, 2.05) is 0 Å². The molecule has 1 aliphatic heterocycles. The van der Waals surface area contributed by atoms with Crippen molar-refractivity contribution in [2.24, 2.45) is 0 Å². The molecule has 0 aliphatic carbocycles. The van der Waals surface area contributed by atoms with E-state index < -0.39 is 23.9 Å². The van der Waals surface area contributed by atoms with Crippen molar-refractivity contribution in [3.05, 3.63) is 18.2 Å². The van der Waals surface area contributed by atoms with Crippen molar-refractivity contribution in [2.75, 3.05) is 23.4 Å². The van der Waals surface area contributed by atoms with Crippen LogP contribution in [0.25, 0.3) is 0 Å². The summed E-state index contributed by atoms with van der Waals surface area (Å²) in [4.78, 5) is 21.7. The summed E-state index contributed by atoms with van der Waals surface area (Å²) in [5.41, 5.74) is -0.0773. The summed E-state index contributed by atoms with van der Waals surface area (Å²) in [7, 11) is 0. The van der Waals surface area contributed by atoms with Crippen LogP contribution in [-0.2, 0) is 4.79 Å². The lowest BCUT2D eigenvalue weighted by molar-refractivity contribution is -0.169. The van der Waals surface area contributed by atoms with E-state index in [1.165, 1.54) is 6.07 Å². The molecule has 0 aromatic heterocycles. The van der Waals surface area contributed by atoms with Crippen LogP contribution in [0.1, 0.15) is 0 Å². The largest absolute Gasteiger partial charge is 0.490 e. The molecule has 0 fully saturated rings. The Morgan fingerprint density at radius 1 is 1.35 bits per heavy atom. The van der Waals surface area contributed by atoms with Gasteiger partial charge in [-0.05, 0) is 18.2 Å². The average Bonchev–Trinajstić information content (AvgIpc) is 2.37. The van der Waals surface area contributed by atoms with Gasteiger partial charge in [-0.2, -0.15) is 13.2 Å². The van der Waals surface area contributed by atoms with Crippen LogP contribution in [0.4, 0.5) is 29.3 Å². The lowest BCUT2D eigenvalue weighted by atomic mass is 10.2. The Hall–Kier alpha value is -2.45. The number of carboxylic acid groups (broad SMARTS) is 1. The van der Waals surface area contributed by atoms with Gasteiger partial charge in [0.05, 0.1) is 11.4 Å². The number of rotatable bonds is 1. The first-order valence-corrected chi connectivity index (χ1v) is 5.45. The third kappa shape index (κ3) is 2.60. The lowest BCUT2D eigenvalue weighted by Gasteiger charge is -2.23. The summed E-state index contributed by atoms with van der Waals surface area (Å²) in [6, 6.07) is 3.49. The average molecular weight is 290 g/mol. The first-order valence-electron chi connectivity index (χ1n) is 5.45. The zero-order valence-corrected chi connectivity index (χ0v) is 9.90. The monoisotopic (exact) mass is 290 g/mol. The number of nitrogens with one attached hydrogen (secondary N) is 1. The molecular formula is C11H9F3N2O4. The molecular weight excluding hydrogens is 281 g/mol. The van der Waals surface area contributed by atoms with E-state index in [-0.39, 0.29) is 4.90 Å². The lowest BCUT2D eigenvalue weighted by Crippen LogP contribution is -2.44. The van der Waals surface area contributed by atoms with Crippen molar-refractivity contribution in [3.8, 4) is 5.75 Å². The van der Waals surface area contributed by atoms with E-state index in [1.54, 1.807) is 0 Å². The first kappa shape index (κ1) is 14.0. The number of hydrogen-bond donors (Lipinski definition) is 2. The van der Waals surface area contributed by atoms with Gasteiger partial charge in [0.15, 0.2) is 0 Å². The van der Waals surface area contributed by atoms with Gasteiger partial charge in [0, 0.05) is 6.54 Å². The highest BCUT2D eigenvalue weighted by Gasteiger charge is 2.45. The second kappa shape index (κ2) is 4.91. The van der Waals surface area contributed by atoms with Crippen molar-refractivity contribution in [1.82, 2.24) is 0 Å². The quantitative estimate of drug-likeness (QED) is 0.827. The first-order chi connectivity index (χ1) is 9.30. The van der Waals surface area contributed by atoms with Crippen molar-refractivity contribution in [1.29, 1.82) is 0 Å². The third-order valence-electron chi connectivity index (χ3n) is 2.53. The molecule has 1 aliphatic rings. The number of fused-ring (bicyclic) bond motifs is 1. The van der Waals surface area contributed by atoms with Gasteiger partial charge < -0.3 is 15.2 Å². The maximum atomic E-state index is 12.4. The van der Waals surface area contributed by atoms with Crippen molar-refractivity contribution in [2.45, 2.75) is 6.18 Å². The number of imide groups is 1. The smallest absolute Gasteiger partial charge is 0.472 e. The topological polar surface area (TPSA) is 78.9 Å². The molecule has 0 saturated heterocycles. The molecule has 2 N–H and O–H groups in total. The van der Waals surface area contributed by atoms with Crippen molar-refractivity contribution < 1.29 is 32.6 Å². The number of benzene rings is 1. The van der Waals surface area contributed by atoms with Gasteiger partial charge in [0.2, 0.25) is 0 Å². The van der Waals surface area contributed by atoms with Gasteiger partial charge in [-0.25, -0.2) is 9.69 Å². The summed E-state index contributed by atoms with van der Waals surface area (Å²) in [6.07, 6.45) is -7.29. The number of ether oxygens (including phenoxy) is 1. The molecule has 20 heavy (non-hydrogen) atoms. The van der Waals surface area contributed by atoms with E-state index in [4.69, 9.17) is 9.84 Å². The molecule has 6 nitrogen and oxygen atoms in total. The molecule has 0 unspecified atom stereocenters. The van der Waals surface area contributed by atoms with Gasteiger partial charge in [-0.3, -0.25) is 4.79 Å². The predicted octanol–water partition coefficient (Wildman–Crippen LogP) is 2.06. The van der Waals surface area contributed by atoms with Crippen LogP contribution in [0.5, 0.6) is 5.75 Å². The van der Waals surface area contributed by atoms with Gasteiger partial charge in [-0.15, -0.1) is 0 Å². The van der Waals surface area contributed by atoms with Crippen LogP contribution in [0, 0.1) is 0 Å². The normalized spacial score (nSPS) is 13.8. The Kier molecular flexibility index (Phi) is 3.43. The molecule has 108 valence electrons. The Morgan fingerprint density at radius 3 is 2.65 bits per heavy atom. The van der Waals surface area contributed by atoms with E-state index in [0.29, 0.717) is 24.6 Å². The number of halogens is 3. The van der Waals surface area contributed by atoms with Crippen LogP contribution in [0.15, 0.2) is 18.2 Å². The number of anilines is 2. The molecule has 0 saturated carbocycles. The Morgan fingerprint density at radius 2 is 2.05 bits per heavy atom. The van der Waals surface area contributed by atoms with Crippen LogP contribution in [-0.4, -0.2) is 36.4 Å². The van der Waals surface area contributed by atoms with Gasteiger partial charge in [0.25, 0.3) is 0 Å². The zero-order chi connectivity index (χ0) is 14.9. The van der Waals surface area contributed by atoms with Crippen LogP contribution in [0.2, 0.25) is 0 Å². The molecule has 0 atom stereocenters. The summed E-state index contributed by atoms with van der Waals surface area (Å²) < 4.78 is 42.4. The number of amides is 2. The molecule has 1 aromatic carbocycles. The molecule has 0 spiro atoms. The summed E-state index contributed by atoms with van der Waals surface area (Å²) in [5, 5.41) is 11.7. The Balaban J connectivity index is 2.40. The fraction of sp³-hybridized carbons (Fsp3) is 0.273. The van der Waals surface area contributed by atoms with Crippen molar-refractivity contribution >= 4 is 23.4 Å². The highest BCUT2D eigenvalue weighted by atomic mass is 19.4. The van der Waals surface area contributed by atoms with E-state index in [0.717, 1.165) is 12.1 Å².